The van der Waals surface area contributed by atoms with Gasteiger partial charge in [0.05, 0.1) is 0 Å². The molecule has 0 saturated heterocycles. The van der Waals surface area contributed by atoms with E-state index >= 15 is 0 Å². The van der Waals surface area contributed by atoms with Gasteiger partial charge in [-0.05, 0) is 47.2 Å². The van der Waals surface area contributed by atoms with Crippen molar-refractivity contribution in [3.63, 3.8) is 0 Å². The predicted molar refractivity (Wildman–Crippen MR) is 94.9 cm³/mol. The van der Waals surface area contributed by atoms with Crippen molar-refractivity contribution in [1.29, 1.82) is 0 Å². The molecule has 1 aromatic carbocycles. The van der Waals surface area contributed by atoms with Crippen molar-refractivity contribution in [2.24, 2.45) is 0 Å². The number of carbonyl (C=O) groups excluding carboxylic acids is 2. The van der Waals surface area contributed by atoms with Gasteiger partial charge in [0.25, 0.3) is 5.91 Å². The lowest BCUT2D eigenvalue weighted by molar-refractivity contribution is -0.148. The monoisotopic (exact) mass is 361 g/mol. The van der Waals surface area contributed by atoms with Crippen LogP contribution in [-0.2, 0) is 27.3 Å². The molecule has 6 heteroatoms. The maximum absolute atomic E-state index is 12.2. The summed E-state index contributed by atoms with van der Waals surface area (Å²) in [4.78, 5) is 26.9. The largest absolute Gasteiger partial charge is 0.452 e. The summed E-state index contributed by atoms with van der Waals surface area (Å²) in [5.74, 6) is -0.702. The number of hydrogen-bond acceptors (Lipinski definition) is 4. The minimum atomic E-state index is -0.536. The standard InChI is InChI=1S/C18H16ClNO3S/c19-15-4-1-13(2-5-15)3-6-18(22)23-12-17(21)20-9-7-16-14(11-20)8-10-24-16/h1-6,8,10H,7,9,11-12H2/b6-3+. The van der Waals surface area contributed by atoms with E-state index in [1.165, 1.54) is 16.5 Å². The number of benzene rings is 1. The van der Waals surface area contributed by atoms with Crippen molar-refractivity contribution in [3.8, 4) is 0 Å². The summed E-state index contributed by atoms with van der Waals surface area (Å²) in [5.41, 5.74) is 2.03. The van der Waals surface area contributed by atoms with Crippen LogP contribution >= 0.6 is 22.9 Å². The second-order valence-corrected chi connectivity index (χ2v) is 6.86. The average Bonchev–Trinajstić information content (AvgIpc) is 3.06. The molecule has 0 radical (unpaired) electrons. The molecule has 1 amide bonds. The number of fused-ring (bicyclic) bond motifs is 1. The van der Waals surface area contributed by atoms with Crippen molar-refractivity contribution in [2.75, 3.05) is 13.2 Å². The van der Waals surface area contributed by atoms with Crippen molar-refractivity contribution < 1.29 is 14.3 Å². The third-order valence-corrected chi connectivity index (χ3v) is 5.06. The molecule has 0 atom stereocenters. The van der Waals surface area contributed by atoms with E-state index in [0.717, 1.165) is 12.0 Å². The smallest absolute Gasteiger partial charge is 0.331 e. The summed E-state index contributed by atoms with van der Waals surface area (Å²) < 4.78 is 5.03. The van der Waals surface area contributed by atoms with Gasteiger partial charge in [0.2, 0.25) is 0 Å². The minimum Gasteiger partial charge on any atom is -0.452 e. The first kappa shape index (κ1) is 16.7. The molecule has 3 rings (SSSR count). The molecule has 1 aromatic heterocycles. The highest BCUT2D eigenvalue weighted by atomic mass is 35.5. The van der Waals surface area contributed by atoms with E-state index in [2.05, 4.69) is 0 Å². The van der Waals surface area contributed by atoms with Gasteiger partial charge in [0.1, 0.15) is 0 Å². The fraction of sp³-hybridized carbons (Fsp3) is 0.222. The van der Waals surface area contributed by atoms with Gasteiger partial charge in [0, 0.05) is 29.1 Å². The topological polar surface area (TPSA) is 46.6 Å². The average molecular weight is 362 g/mol. The van der Waals surface area contributed by atoms with Gasteiger partial charge in [-0.1, -0.05) is 23.7 Å². The SMILES string of the molecule is O=C(/C=C/c1ccc(Cl)cc1)OCC(=O)N1CCc2sccc2C1. The second kappa shape index (κ2) is 7.64. The highest BCUT2D eigenvalue weighted by Crippen LogP contribution is 2.23. The van der Waals surface area contributed by atoms with Crippen LogP contribution < -0.4 is 0 Å². The van der Waals surface area contributed by atoms with Crippen LogP contribution in [0.25, 0.3) is 6.08 Å². The molecule has 0 saturated carbocycles. The van der Waals surface area contributed by atoms with Crippen LogP contribution in [0.3, 0.4) is 0 Å². The first-order valence-corrected chi connectivity index (χ1v) is 8.81. The predicted octanol–water partition coefficient (Wildman–Crippen LogP) is 3.54. The Morgan fingerprint density at radius 2 is 2.04 bits per heavy atom. The van der Waals surface area contributed by atoms with Crippen LogP contribution in [0.4, 0.5) is 0 Å². The van der Waals surface area contributed by atoms with E-state index in [1.54, 1.807) is 46.6 Å². The molecule has 0 fully saturated rings. The second-order valence-electron chi connectivity index (χ2n) is 5.43. The van der Waals surface area contributed by atoms with Crippen LogP contribution in [0.1, 0.15) is 16.0 Å². The lowest BCUT2D eigenvalue weighted by Crippen LogP contribution is -2.38. The number of thiophene rings is 1. The molecular weight excluding hydrogens is 346 g/mol. The van der Waals surface area contributed by atoms with E-state index in [-0.39, 0.29) is 12.5 Å². The quantitative estimate of drug-likeness (QED) is 0.618. The molecule has 1 aliphatic rings. The molecule has 2 aromatic rings. The molecular formula is C18H16ClNO3S. The number of halogens is 1. The Labute approximate surface area is 149 Å². The summed E-state index contributed by atoms with van der Waals surface area (Å²) in [7, 11) is 0. The van der Waals surface area contributed by atoms with Gasteiger partial charge < -0.3 is 9.64 Å². The first-order valence-electron chi connectivity index (χ1n) is 7.55. The molecule has 0 spiro atoms. The van der Waals surface area contributed by atoms with E-state index in [9.17, 15) is 9.59 Å². The molecule has 0 bridgehead atoms. The highest BCUT2D eigenvalue weighted by molar-refractivity contribution is 7.10. The van der Waals surface area contributed by atoms with Crippen LogP contribution in [0, 0.1) is 0 Å². The molecule has 0 unspecified atom stereocenters. The Hall–Kier alpha value is -2.11. The summed E-state index contributed by atoms with van der Waals surface area (Å²) in [5, 5.41) is 2.68. The number of hydrogen-bond donors (Lipinski definition) is 0. The fourth-order valence-electron chi connectivity index (χ4n) is 2.47. The van der Waals surface area contributed by atoms with Gasteiger partial charge in [0.15, 0.2) is 6.61 Å². The Balaban J connectivity index is 1.47. The number of ether oxygens (including phenoxy) is 1. The van der Waals surface area contributed by atoms with Gasteiger partial charge in [-0.15, -0.1) is 11.3 Å². The molecule has 0 aliphatic carbocycles. The normalized spacial score (nSPS) is 13.8. The molecule has 4 nitrogen and oxygen atoms in total. The summed E-state index contributed by atoms with van der Waals surface area (Å²) in [6.45, 7) is 1.03. The molecule has 124 valence electrons. The van der Waals surface area contributed by atoms with E-state index < -0.39 is 5.97 Å². The van der Waals surface area contributed by atoms with E-state index in [1.807, 2.05) is 11.4 Å². The summed E-state index contributed by atoms with van der Waals surface area (Å²) >= 11 is 7.52. The zero-order valence-electron chi connectivity index (χ0n) is 12.9. The molecule has 24 heavy (non-hydrogen) atoms. The summed E-state index contributed by atoms with van der Waals surface area (Å²) in [6.07, 6.45) is 3.80. The highest BCUT2D eigenvalue weighted by Gasteiger charge is 2.21. The van der Waals surface area contributed by atoms with Crippen molar-refractivity contribution in [3.05, 3.63) is 62.8 Å². The van der Waals surface area contributed by atoms with Gasteiger partial charge in [-0.3, -0.25) is 4.79 Å². The van der Waals surface area contributed by atoms with E-state index in [0.29, 0.717) is 18.1 Å². The Kier molecular flexibility index (Phi) is 5.33. The maximum Gasteiger partial charge on any atom is 0.331 e. The van der Waals surface area contributed by atoms with Crippen LogP contribution in [0.15, 0.2) is 41.8 Å². The Morgan fingerprint density at radius 1 is 1.25 bits per heavy atom. The third kappa shape index (κ3) is 4.24. The number of rotatable bonds is 4. The van der Waals surface area contributed by atoms with Gasteiger partial charge >= 0.3 is 5.97 Å². The van der Waals surface area contributed by atoms with Crippen LogP contribution in [0.5, 0.6) is 0 Å². The minimum absolute atomic E-state index is 0.167. The number of esters is 1. The van der Waals surface area contributed by atoms with Crippen molar-refractivity contribution in [2.45, 2.75) is 13.0 Å². The van der Waals surface area contributed by atoms with E-state index in [4.69, 9.17) is 16.3 Å². The maximum atomic E-state index is 12.2. The van der Waals surface area contributed by atoms with Crippen LogP contribution in [-0.4, -0.2) is 29.9 Å². The molecule has 1 aliphatic heterocycles. The zero-order chi connectivity index (χ0) is 16.9. The lowest BCUT2D eigenvalue weighted by Gasteiger charge is -2.26. The Bertz CT molecular complexity index is 767. The summed E-state index contributed by atoms with van der Waals surface area (Å²) in [6, 6.07) is 9.11. The number of carbonyl (C=O) groups is 2. The zero-order valence-corrected chi connectivity index (χ0v) is 14.5. The Morgan fingerprint density at radius 3 is 2.83 bits per heavy atom. The third-order valence-electron chi connectivity index (χ3n) is 3.78. The van der Waals surface area contributed by atoms with Crippen molar-refractivity contribution >= 4 is 40.9 Å². The molecule has 2 heterocycles. The number of amides is 1. The van der Waals surface area contributed by atoms with Crippen LogP contribution in [0.2, 0.25) is 5.02 Å². The first-order chi connectivity index (χ1) is 11.6. The lowest BCUT2D eigenvalue weighted by atomic mass is 10.1. The van der Waals surface area contributed by atoms with Gasteiger partial charge in [-0.25, -0.2) is 4.79 Å². The fourth-order valence-corrected chi connectivity index (χ4v) is 3.49. The molecule has 0 N–H and O–H groups in total. The van der Waals surface area contributed by atoms with Gasteiger partial charge in [-0.2, -0.15) is 0 Å². The van der Waals surface area contributed by atoms with Crippen molar-refractivity contribution in [1.82, 2.24) is 4.90 Å². The number of nitrogens with zero attached hydrogens (tertiary/aromatic N) is 1.